The zero-order chi connectivity index (χ0) is 47.4. The van der Waals surface area contributed by atoms with Gasteiger partial charge in [-0.3, -0.25) is 0 Å². The van der Waals surface area contributed by atoms with Crippen molar-refractivity contribution in [3.63, 3.8) is 0 Å². The molecule has 0 saturated carbocycles. The third kappa shape index (κ3) is 18.6. The molecule has 4 aromatic carbocycles. The van der Waals surface area contributed by atoms with Crippen molar-refractivity contribution in [1.29, 1.82) is 0 Å². The molecule has 6 rings (SSSR count). The lowest BCUT2D eigenvalue weighted by Crippen LogP contribution is -2.39. The van der Waals surface area contributed by atoms with Gasteiger partial charge in [-0.1, -0.05) is 60.7 Å². The lowest BCUT2D eigenvalue weighted by Gasteiger charge is -2.16. The van der Waals surface area contributed by atoms with E-state index in [0.717, 1.165) is 25.7 Å². The number of fused-ring (bicyclic) bond motifs is 2. The third-order valence-corrected chi connectivity index (χ3v) is 10.9. The minimum atomic E-state index is -0.335. The molecule has 0 radical (unpaired) electrons. The van der Waals surface area contributed by atoms with Crippen molar-refractivity contribution in [3.05, 3.63) is 119 Å². The van der Waals surface area contributed by atoms with E-state index in [0.29, 0.717) is 128 Å². The van der Waals surface area contributed by atoms with Gasteiger partial charge in [0.15, 0.2) is 0 Å². The van der Waals surface area contributed by atoms with Gasteiger partial charge in [0, 0.05) is 62.8 Å². The van der Waals surface area contributed by atoms with Crippen LogP contribution in [0.2, 0.25) is 0 Å². The highest BCUT2D eigenvalue weighted by Gasteiger charge is 2.25. The van der Waals surface area contributed by atoms with E-state index in [-0.39, 0.29) is 36.3 Å². The fourth-order valence-electron chi connectivity index (χ4n) is 7.62. The molecule has 366 valence electrons. The highest BCUT2D eigenvalue weighted by molar-refractivity contribution is 5.90. The SMILES string of the molecule is O=C(NCCCCNC(=O)NCCOCCOCCNC(=O)Nc1cccc(O[C@@H]2CCc3ccccc32)c1)NCCOCCOCCNC(=O)Nc1cccc(O[C@@H]2CCc3ccccc32)c1. The lowest BCUT2D eigenvalue weighted by atomic mass is 10.1. The molecule has 0 spiro atoms. The highest BCUT2D eigenvalue weighted by Crippen LogP contribution is 2.36. The van der Waals surface area contributed by atoms with E-state index >= 15 is 0 Å². The number of nitrogens with one attached hydrogen (secondary N) is 8. The topological polar surface area (TPSA) is 220 Å². The van der Waals surface area contributed by atoms with E-state index in [1.807, 2.05) is 72.8 Å². The van der Waals surface area contributed by atoms with Crippen LogP contribution in [0.4, 0.5) is 30.6 Å². The number of hydrogen-bond donors (Lipinski definition) is 8. The number of carbonyl (C=O) groups excluding carboxylic acids is 4. The van der Waals surface area contributed by atoms with Gasteiger partial charge in [0.05, 0.1) is 52.9 Å². The Hall–Kier alpha value is -6.60. The van der Waals surface area contributed by atoms with Gasteiger partial charge in [0.1, 0.15) is 23.7 Å². The van der Waals surface area contributed by atoms with Crippen molar-refractivity contribution in [2.24, 2.45) is 0 Å². The first-order valence-electron chi connectivity index (χ1n) is 23.5. The van der Waals surface area contributed by atoms with Gasteiger partial charge in [-0.25, -0.2) is 19.2 Å². The molecule has 2 aliphatic rings. The summed E-state index contributed by atoms with van der Waals surface area (Å²) in [5, 5.41) is 22.2. The summed E-state index contributed by atoms with van der Waals surface area (Å²) in [6.07, 6.45) is 5.27. The maximum absolute atomic E-state index is 12.4. The normalized spacial score (nSPS) is 14.5. The molecule has 0 fully saturated rings. The van der Waals surface area contributed by atoms with Crippen molar-refractivity contribution in [3.8, 4) is 11.5 Å². The van der Waals surface area contributed by atoms with Crippen LogP contribution >= 0.6 is 0 Å². The Bertz CT molecular complexity index is 2030. The van der Waals surface area contributed by atoms with E-state index in [1.165, 1.54) is 22.3 Å². The van der Waals surface area contributed by atoms with E-state index in [1.54, 1.807) is 0 Å². The monoisotopic (exact) mass is 938 g/mol. The predicted octanol–water partition coefficient (Wildman–Crippen LogP) is 6.21. The molecule has 0 bridgehead atoms. The Morgan fingerprint density at radius 3 is 1.19 bits per heavy atom. The maximum atomic E-state index is 12.4. The Labute approximate surface area is 398 Å². The summed E-state index contributed by atoms with van der Waals surface area (Å²) in [5.74, 6) is 1.41. The number of anilines is 2. The molecule has 0 aromatic heterocycles. The Balaban J connectivity index is 0.646. The molecule has 18 nitrogen and oxygen atoms in total. The van der Waals surface area contributed by atoms with Gasteiger partial charge in [-0.15, -0.1) is 0 Å². The molecule has 2 atom stereocenters. The molecule has 8 amide bonds. The number of benzene rings is 4. The van der Waals surface area contributed by atoms with Crippen LogP contribution in [-0.4, -0.2) is 116 Å². The Kier molecular flexibility index (Phi) is 21.8. The molecule has 18 heteroatoms. The number of aryl methyl sites for hydroxylation is 2. The van der Waals surface area contributed by atoms with Crippen molar-refractivity contribution in [1.82, 2.24) is 31.9 Å². The number of amides is 8. The Morgan fingerprint density at radius 1 is 0.412 bits per heavy atom. The van der Waals surface area contributed by atoms with Gasteiger partial charge >= 0.3 is 24.1 Å². The number of hydrogen-bond acceptors (Lipinski definition) is 10. The predicted molar refractivity (Wildman–Crippen MR) is 259 cm³/mol. The summed E-state index contributed by atoms with van der Waals surface area (Å²) >= 11 is 0. The Morgan fingerprint density at radius 2 is 0.779 bits per heavy atom. The third-order valence-electron chi connectivity index (χ3n) is 10.9. The van der Waals surface area contributed by atoms with Crippen molar-refractivity contribution >= 4 is 35.5 Å². The molecular weight excluding hydrogens is 873 g/mol. The van der Waals surface area contributed by atoms with Gasteiger partial charge in [-0.2, -0.15) is 0 Å². The number of rotatable bonds is 29. The largest absolute Gasteiger partial charge is 0.486 e. The zero-order valence-corrected chi connectivity index (χ0v) is 38.6. The fourth-order valence-corrected chi connectivity index (χ4v) is 7.62. The van der Waals surface area contributed by atoms with E-state index < -0.39 is 0 Å². The highest BCUT2D eigenvalue weighted by atomic mass is 16.5. The first kappa shape index (κ1) is 50.8. The van der Waals surface area contributed by atoms with Crippen LogP contribution in [0.5, 0.6) is 11.5 Å². The van der Waals surface area contributed by atoms with Crippen molar-refractivity contribution in [2.75, 3.05) is 103 Å². The number of ether oxygens (including phenoxy) is 6. The second kappa shape index (κ2) is 29.2. The molecule has 2 aliphatic carbocycles. The van der Waals surface area contributed by atoms with Crippen LogP contribution in [0.3, 0.4) is 0 Å². The smallest absolute Gasteiger partial charge is 0.319 e. The fraction of sp³-hybridized carbons (Fsp3) is 0.440. The average molecular weight is 939 g/mol. The molecule has 0 saturated heterocycles. The van der Waals surface area contributed by atoms with Crippen LogP contribution in [-0.2, 0) is 31.8 Å². The molecular formula is C50H66N8O10. The average Bonchev–Trinajstić information content (AvgIpc) is 3.95. The summed E-state index contributed by atoms with van der Waals surface area (Å²) in [6.45, 7) is 4.98. The summed E-state index contributed by atoms with van der Waals surface area (Å²) in [5.41, 5.74) is 6.35. The van der Waals surface area contributed by atoms with E-state index in [9.17, 15) is 19.2 Å². The maximum Gasteiger partial charge on any atom is 0.319 e. The first-order chi connectivity index (χ1) is 33.4. The summed E-state index contributed by atoms with van der Waals surface area (Å²) < 4.78 is 34.5. The summed E-state index contributed by atoms with van der Waals surface area (Å²) in [4.78, 5) is 48.8. The molecule has 68 heavy (non-hydrogen) atoms. The van der Waals surface area contributed by atoms with Gasteiger partial charge < -0.3 is 71.0 Å². The molecule has 4 aromatic rings. The van der Waals surface area contributed by atoms with Crippen LogP contribution in [0.1, 0.15) is 60.1 Å². The number of carbonyl (C=O) groups is 4. The van der Waals surface area contributed by atoms with Gasteiger partial charge in [0.25, 0.3) is 0 Å². The quantitative estimate of drug-likeness (QED) is 0.0288. The van der Waals surface area contributed by atoms with Crippen LogP contribution in [0, 0.1) is 0 Å². The van der Waals surface area contributed by atoms with Gasteiger partial charge in [0.2, 0.25) is 0 Å². The van der Waals surface area contributed by atoms with Crippen molar-refractivity contribution < 1.29 is 47.6 Å². The summed E-state index contributed by atoms with van der Waals surface area (Å²) in [7, 11) is 0. The van der Waals surface area contributed by atoms with Crippen LogP contribution in [0.15, 0.2) is 97.1 Å². The van der Waals surface area contributed by atoms with Gasteiger partial charge in [-0.05, 0) is 85.0 Å². The number of unbranched alkanes of at least 4 members (excludes halogenated alkanes) is 1. The van der Waals surface area contributed by atoms with E-state index in [4.69, 9.17) is 28.4 Å². The van der Waals surface area contributed by atoms with Crippen LogP contribution in [0.25, 0.3) is 0 Å². The minimum Gasteiger partial charge on any atom is -0.486 e. The standard InChI is InChI=1S/C50H66N8O10/c59-47(53-23-27-63-31-33-65-29-25-55-49(61)57-39-11-7-13-41(35-39)67-45-19-17-37-9-1-3-15-43(37)45)51-21-5-6-22-52-48(60)54-24-28-64-32-34-66-30-26-56-50(62)58-40-12-8-14-42(36-40)68-46-20-18-38-10-2-4-16-44(38)46/h1-4,7-16,35-36,45-46H,5-6,17-34H2,(H2,51,53,59)(H2,52,54,60)(H2,55,57,61)(H2,56,58,62)/t45-,46-/m1/s1. The van der Waals surface area contributed by atoms with E-state index in [2.05, 4.69) is 66.8 Å². The lowest BCUT2D eigenvalue weighted by molar-refractivity contribution is 0.0511. The second-order valence-electron chi connectivity index (χ2n) is 16.0. The summed E-state index contributed by atoms with van der Waals surface area (Å²) in [6, 6.07) is 30.1. The molecule has 0 aliphatic heterocycles. The molecule has 0 heterocycles. The zero-order valence-electron chi connectivity index (χ0n) is 38.6. The first-order valence-corrected chi connectivity index (χ1v) is 23.5. The second-order valence-corrected chi connectivity index (χ2v) is 16.0. The number of urea groups is 4. The molecule has 8 N–H and O–H groups in total. The van der Waals surface area contributed by atoms with Crippen molar-refractivity contribution in [2.45, 2.75) is 50.7 Å². The molecule has 0 unspecified atom stereocenters. The van der Waals surface area contributed by atoms with Crippen LogP contribution < -0.4 is 52.0 Å². The minimum absolute atomic E-state index is 0.0106.